The van der Waals surface area contributed by atoms with E-state index in [-0.39, 0.29) is 29.7 Å². The molecule has 0 unspecified atom stereocenters. The van der Waals surface area contributed by atoms with Crippen LogP contribution in [0.1, 0.15) is 48.4 Å². The highest BCUT2D eigenvalue weighted by Crippen LogP contribution is 2.37. The zero-order valence-electron chi connectivity index (χ0n) is 23.9. The Labute approximate surface area is 259 Å². The molecule has 0 aliphatic rings. The molecule has 14 heteroatoms. The number of alkyl halides is 5. The lowest BCUT2D eigenvalue weighted by molar-refractivity contribution is -0.276. The first-order chi connectivity index (χ1) is 22.0. The minimum absolute atomic E-state index is 0.138. The zero-order valence-corrected chi connectivity index (χ0v) is 23.9. The fraction of sp³-hybridized carbons (Fsp3) is 0.212. The van der Waals surface area contributed by atoms with E-state index in [2.05, 4.69) is 15.4 Å². The molecule has 0 N–H and O–H groups in total. The van der Waals surface area contributed by atoms with Gasteiger partial charge in [0.2, 0.25) is 5.75 Å². The van der Waals surface area contributed by atoms with E-state index < -0.39 is 86.9 Å². The van der Waals surface area contributed by atoms with Crippen LogP contribution in [-0.2, 0) is 12.5 Å². The van der Waals surface area contributed by atoms with E-state index in [0.29, 0.717) is 24.6 Å². The first kappa shape index (κ1) is 35.1. The molecule has 0 spiro atoms. The van der Waals surface area contributed by atoms with Gasteiger partial charge in [0.05, 0.1) is 5.56 Å². The van der Waals surface area contributed by atoms with Gasteiger partial charge in [-0.05, 0) is 60.4 Å². The Bertz CT molecular complexity index is 1790. The smallest absolute Gasteiger partial charge is 0.429 e. The first-order valence-electron chi connectivity index (χ1n) is 13.6. The van der Waals surface area contributed by atoms with Crippen LogP contribution in [0.3, 0.4) is 0 Å². The molecule has 248 valence electrons. The Morgan fingerprint density at radius 2 is 1.21 bits per heavy atom. The van der Waals surface area contributed by atoms with Gasteiger partial charge in [0, 0.05) is 23.3 Å². The summed E-state index contributed by atoms with van der Waals surface area (Å²) in [5, 5.41) is 0. The summed E-state index contributed by atoms with van der Waals surface area (Å²) in [6.07, 6.45) is -7.70. The molecule has 0 aromatic heterocycles. The normalized spacial score (nSPS) is 11.7. The number of hydrogen-bond donors (Lipinski definition) is 0. The van der Waals surface area contributed by atoms with Gasteiger partial charge in [-0.1, -0.05) is 37.7 Å². The van der Waals surface area contributed by atoms with Gasteiger partial charge in [0.25, 0.3) is 0 Å². The molecule has 2 nitrogen and oxygen atoms in total. The topological polar surface area (TPSA) is 18.5 Å². The maximum atomic E-state index is 14.8. The summed E-state index contributed by atoms with van der Waals surface area (Å²) in [6.45, 7) is 1.90. The average Bonchev–Trinajstić information content (AvgIpc) is 2.93. The fourth-order valence-electron chi connectivity index (χ4n) is 4.44. The van der Waals surface area contributed by atoms with E-state index in [0.717, 1.165) is 37.1 Å². The second-order valence-electron chi connectivity index (χ2n) is 10.0. The van der Waals surface area contributed by atoms with Gasteiger partial charge in [0.15, 0.2) is 11.6 Å². The molecule has 0 saturated carbocycles. The Hall–Kier alpha value is -4.80. The Morgan fingerprint density at radius 3 is 1.74 bits per heavy atom. The summed E-state index contributed by atoms with van der Waals surface area (Å²) in [6, 6.07) is 5.46. The molecule has 0 radical (unpaired) electrons. The molecular formula is C33H20F12O2. The van der Waals surface area contributed by atoms with Crippen LogP contribution in [-0.4, -0.2) is 6.36 Å². The molecule has 4 rings (SSSR count). The molecule has 0 bridgehead atoms. The molecule has 4 aromatic carbocycles. The van der Waals surface area contributed by atoms with Crippen LogP contribution in [0.2, 0.25) is 0 Å². The molecule has 0 aliphatic carbocycles. The van der Waals surface area contributed by atoms with Gasteiger partial charge in [-0.25, -0.2) is 30.7 Å². The van der Waals surface area contributed by atoms with Gasteiger partial charge in [-0.2, -0.15) is 8.78 Å². The van der Waals surface area contributed by atoms with Crippen molar-refractivity contribution in [3.05, 3.63) is 118 Å². The summed E-state index contributed by atoms with van der Waals surface area (Å²) >= 11 is 0. The highest BCUT2D eigenvalue weighted by atomic mass is 19.4. The lowest BCUT2D eigenvalue weighted by atomic mass is 10.0. The quantitative estimate of drug-likeness (QED) is 0.0998. The molecule has 4 aromatic rings. The largest absolute Gasteiger partial charge is 0.573 e. The maximum Gasteiger partial charge on any atom is 0.573 e. The maximum absolute atomic E-state index is 14.8. The van der Waals surface area contributed by atoms with Crippen LogP contribution in [0.5, 0.6) is 11.5 Å². The lowest BCUT2D eigenvalue weighted by Crippen LogP contribution is -2.25. The molecule has 47 heavy (non-hydrogen) atoms. The summed E-state index contributed by atoms with van der Waals surface area (Å²) in [4.78, 5) is 0. The van der Waals surface area contributed by atoms with Crippen molar-refractivity contribution in [1.82, 2.24) is 0 Å². The van der Waals surface area contributed by atoms with Crippen molar-refractivity contribution < 1.29 is 62.2 Å². The van der Waals surface area contributed by atoms with Crippen LogP contribution in [0.4, 0.5) is 52.7 Å². The standard InChI is InChI=1S/C33H20F12O2/c1-2-3-4-5-18-11-26(37)30(27(38)12-18)32(41,42)46-20-15-24(35)22(25(36)16-20)9-7-17-6-8-21(23(34)10-17)19-13-28(39)31(29(40)14-19)47-33(43,44)45/h6,8,10-16H,2-5H2,1H3. The number of hydrogen-bond acceptors (Lipinski definition) is 2. The van der Waals surface area contributed by atoms with Crippen LogP contribution in [0, 0.1) is 52.6 Å². The van der Waals surface area contributed by atoms with Gasteiger partial charge >= 0.3 is 12.5 Å². The van der Waals surface area contributed by atoms with Crippen molar-refractivity contribution >= 4 is 0 Å². The number of rotatable bonds is 9. The highest BCUT2D eigenvalue weighted by molar-refractivity contribution is 5.66. The predicted molar refractivity (Wildman–Crippen MR) is 145 cm³/mol. The van der Waals surface area contributed by atoms with Gasteiger partial charge < -0.3 is 9.47 Å². The third-order valence-corrected chi connectivity index (χ3v) is 6.55. The van der Waals surface area contributed by atoms with E-state index in [4.69, 9.17) is 0 Å². The molecule has 0 heterocycles. The minimum atomic E-state index is -5.40. The van der Waals surface area contributed by atoms with Gasteiger partial charge in [0.1, 0.15) is 40.4 Å². The monoisotopic (exact) mass is 676 g/mol. The molecular weight excluding hydrogens is 656 g/mol. The number of aryl methyl sites for hydroxylation is 1. The van der Waals surface area contributed by atoms with Crippen molar-refractivity contribution in [2.24, 2.45) is 0 Å². The average molecular weight is 676 g/mol. The first-order valence-corrected chi connectivity index (χ1v) is 13.6. The number of benzene rings is 4. The third-order valence-electron chi connectivity index (χ3n) is 6.55. The summed E-state index contributed by atoms with van der Waals surface area (Å²) in [7, 11) is 0. The molecule has 0 amide bonds. The molecule has 0 saturated heterocycles. The van der Waals surface area contributed by atoms with E-state index >= 15 is 0 Å². The van der Waals surface area contributed by atoms with Crippen LogP contribution >= 0.6 is 0 Å². The third kappa shape index (κ3) is 8.52. The van der Waals surface area contributed by atoms with Crippen LogP contribution in [0.25, 0.3) is 11.1 Å². The van der Waals surface area contributed by atoms with E-state index in [1.54, 1.807) is 0 Å². The zero-order chi connectivity index (χ0) is 34.7. The van der Waals surface area contributed by atoms with Crippen molar-refractivity contribution in [2.45, 2.75) is 45.1 Å². The predicted octanol–water partition coefficient (Wildman–Crippen LogP) is 10.5. The molecule has 0 aliphatic heterocycles. The Morgan fingerprint density at radius 1 is 0.617 bits per heavy atom. The van der Waals surface area contributed by atoms with Crippen LogP contribution in [0.15, 0.2) is 54.6 Å². The SMILES string of the molecule is CCCCCc1cc(F)c(C(F)(F)Oc2cc(F)c(C#Cc3ccc(-c4cc(F)c(OC(F)(F)F)c(F)c4)c(F)c3)c(F)c2)c(F)c1. The summed E-state index contributed by atoms with van der Waals surface area (Å²) in [5.41, 5.74) is -3.84. The van der Waals surface area contributed by atoms with E-state index in [1.807, 2.05) is 12.8 Å². The molecule has 0 atom stereocenters. The second kappa shape index (κ2) is 13.9. The van der Waals surface area contributed by atoms with E-state index in [9.17, 15) is 52.7 Å². The Kier molecular flexibility index (Phi) is 10.4. The summed E-state index contributed by atoms with van der Waals surface area (Å²) < 4.78 is 175. The van der Waals surface area contributed by atoms with Crippen molar-refractivity contribution in [3.63, 3.8) is 0 Å². The minimum Gasteiger partial charge on any atom is -0.429 e. The van der Waals surface area contributed by atoms with E-state index in [1.165, 1.54) is 0 Å². The summed E-state index contributed by atoms with van der Waals surface area (Å²) in [5.74, 6) is -9.69. The lowest BCUT2D eigenvalue weighted by Gasteiger charge is -2.20. The second-order valence-corrected chi connectivity index (χ2v) is 10.0. The van der Waals surface area contributed by atoms with Crippen molar-refractivity contribution in [1.29, 1.82) is 0 Å². The number of unbranched alkanes of at least 4 members (excludes halogenated alkanes) is 2. The Balaban J connectivity index is 1.55. The molecule has 0 fully saturated rings. The number of halogens is 12. The van der Waals surface area contributed by atoms with Crippen molar-refractivity contribution in [3.8, 4) is 34.5 Å². The van der Waals surface area contributed by atoms with Crippen molar-refractivity contribution in [2.75, 3.05) is 0 Å². The highest BCUT2D eigenvalue weighted by Gasteiger charge is 2.41. The van der Waals surface area contributed by atoms with Gasteiger partial charge in [-0.3, -0.25) is 0 Å². The van der Waals surface area contributed by atoms with Crippen LogP contribution < -0.4 is 9.47 Å². The fourth-order valence-corrected chi connectivity index (χ4v) is 4.44. The van der Waals surface area contributed by atoms with Gasteiger partial charge in [-0.15, -0.1) is 13.2 Å². The number of ether oxygens (including phenoxy) is 2.